The lowest BCUT2D eigenvalue weighted by Crippen LogP contribution is -1.90. The maximum absolute atomic E-state index is 13.7. The summed E-state index contributed by atoms with van der Waals surface area (Å²) >= 11 is 14.7. The van der Waals surface area contributed by atoms with Crippen LogP contribution in [0.15, 0.2) is 16.7 Å². The monoisotopic (exact) mass is 318 g/mol. The maximum Gasteiger partial charge on any atom is 0.165 e. The fourth-order valence-electron chi connectivity index (χ4n) is 1.29. The van der Waals surface area contributed by atoms with Crippen LogP contribution in [-0.4, -0.2) is 4.98 Å². The van der Waals surface area contributed by atoms with Gasteiger partial charge in [0.15, 0.2) is 5.82 Å². The first kappa shape index (κ1) is 11.6. The molecule has 0 amide bonds. The SMILES string of the molecule is N#Cc1cnc2c(F)c(Br)c(Cl)cc2c1Cl. The average molecular weight is 320 g/mol. The lowest BCUT2D eigenvalue weighted by Gasteiger charge is -2.05. The van der Waals surface area contributed by atoms with Gasteiger partial charge < -0.3 is 0 Å². The predicted molar refractivity (Wildman–Crippen MR) is 64.1 cm³/mol. The Kier molecular flexibility index (Phi) is 3.02. The molecule has 2 nitrogen and oxygen atoms in total. The van der Waals surface area contributed by atoms with Gasteiger partial charge in [0.25, 0.3) is 0 Å². The van der Waals surface area contributed by atoms with E-state index in [-0.39, 0.29) is 25.6 Å². The molecule has 0 bridgehead atoms. The minimum Gasteiger partial charge on any atom is -0.252 e. The Morgan fingerprint density at radius 3 is 2.75 bits per heavy atom. The second-order valence-electron chi connectivity index (χ2n) is 2.98. The zero-order valence-corrected chi connectivity index (χ0v) is 10.7. The number of fused-ring (bicyclic) bond motifs is 1. The van der Waals surface area contributed by atoms with Crippen LogP contribution in [0.1, 0.15) is 5.56 Å². The quantitative estimate of drug-likeness (QED) is 0.678. The van der Waals surface area contributed by atoms with Crippen molar-refractivity contribution in [3.63, 3.8) is 0 Å². The molecule has 16 heavy (non-hydrogen) atoms. The minimum absolute atomic E-state index is 0.0836. The summed E-state index contributed by atoms with van der Waals surface area (Å²) in [5.41, 5.74) is 0.271. The van der Waals surface area contributed by atoms with Gasteiger partial charge in [-0.1, -0.05) is 23.2 Å². The average Bonchev–Trinajstić information content (AvgIpc) is 2.28. The first-order valence-electron chi connectivity index (χ1n) is 4.08. The highest BCUT2D eigenvalue weighted by molar-refractivity contribution is 9.10. The van der Waals surface area contributed by atoms with Gasteiger partial charge in [0, 0.05) is 11.6 Å². The fraction of sp³-hybridized carbons (Fsp3) is 0. The molecule has 0 spiro atoms. The molecule has 0 fully saturated rings. The van der Waals surface area contributed by atoms with Crippen molar-refractivity contribution in [1.29, 1.82) is 5.26 Å². The third-order valence-electron chi connectivity index (χ3n) is 2.05. The van der Waals surface area contributed by atoms with Crippen molar-refractivity contribution in [1.82, 2.24) is 4.98 Å². The van der Waals surface area contributed by atoms with Gasteiger partial charge >= 0.3 is 0 Å². The molecule has 0 aliphatic heterocycles. The molecule has 1 aromatic heterocycles. The van der Waals surface area contributed by atoms with Crippen LogP contribution in [0.5, 0.6) is 0 Å². The number of hydrogen-bond donors (Lipinski definition) is 0. The molecule has 0 aliphatic rings. The molecule has 0 radical (unpaired) electrons. The van der Waals surface area contributed by atoms with E-state index in [2.05, 4.69) is 20.9 Å². The lowest BCUT2D eigenvalue weighted by atomic mass is 10.1. The third kappa shape index (κ3) is 1.65. The van der Waals surface area contributed by atoms with E-state index in [1.54, 1.807) is 0 Å². The normalized spacial score (nSPS) is 10.4. The van der Waals surface area contributed by atoms with Crippen LogP contribution < -0.4 is 0 Å². The summed E-state index contributed by atoms with van der Waals surface area (Å²) in [5, 5.41) is 9.42. The number of nitriles is 1. The van der Waals surface area contributed by atoms with Crippen molar-refractivity contribution < 1.29 is 4.39 Å². The fourth-order valence-corrected chi connectivity index (χ4v) is 2.02. The Morgan fingerprint density at radius 1 is 1.44 bits per heavy atom. The highest BCUT2D eigenvalue weighted by atomic mass is 79.9. The molecule has 6 heteroatoms. The van der Waals surface area contributed by atoms with Crippen molar-refractivity contribution in [2.45, 2.75) is 0 Å². The van der Waals surface area contributed by atoms with Crippen LogP contribution in [0.25, 0.3) is 10.9 Å². The number of nitrogens with zero attached hydrogens (tertiary/aromatic N) is 2. The van der Waals surface area contributed by atoms with Gasteiger partial charge in [-0.05, 0) is 22.0 Å². The summed E-state index contributed by atoms with van der Waals surface area (Å²) in [4.78, 5) is 3.84. The Hall–Kier alpha value is -0.890. The van der Waals surface area contributed by atoms with Crippen LogP contribution in [0.4, 0.5) is 4.39 Å². The molecular formula is C10H2BrCl2FN2. The number of rotatable bonds is 0. The molecule has 1 aromatic carbocycles. The third-order valence-corrected chi connectivity index (χ3v) is 3.76. The Morgan fingerprint density at radius 2 is 2.12 bits per heavy atom. The van der Waals surface area contributed by atoms with Crippen LogP contribution >= 0.6 is 39.1 Å². The van der Waals surface area contributed by atoms with Gasteiger partial charge in [0.05, 0.1) is 20.1 Å². The Labute approximate surface area is 109 Å². The second-order valence-corrected chi connectivity index (χ2v) is 4.56. The van der Waals surface area contributed by atoms with E-state index in [9.17, 15) is 4.39 Å². The maximum atomic E-state index is 13.7. The van der Waals surface area contributed by atoms with Gasteiger partial charge in [0.1, 0.15) is 11.6 Å². The van der Waals surface area contributed by atoms with Crippen LogP contribution in [0.2, 0.25) is 10.0 Å². The summed E-state index contributed by atoms with van der Waals surface area (Å²) in [6.07, 6.45) is 1.23. The Balaban J connectivity index is 2.98. The number of pyridine rings is 1. The molecule has 2 aromatic rings. The van der Waals surface area contributed by atoms with Gasteiger partial charge in [-0.25, -0.2) is 4.39 Å². The van der Waals surface area contributed by atoms with E-state index >= 15 is 0 Å². The van der Waals surface area contributed by atoms with Gasteiger partial charge in [-0.2, -0.15) is 5.26 Å². The molecule has 0 aliphatic carbocycles. The van der Waals surface area contributed by atoms with Crippen LogP contribution in [-0.2, 0) is 0 Å². The molecule has 0 unspecified atom stereocenters. The largest absolute Gasteiger partial charge is 0.252 e. The van der Waals surface area contributed by atoms with Crippen molar-refractivity contribution in [2.75, 3.05) is 0 Å². The van der Waals surface area contributed by atoms with E-state index in [1.807, 2.05) is 6.07 Å². The number of halogens is 4. The topological polar surface area (TPSA) is 36.7 Å². The highest BCUT2D eigenvalue weighted by Gasteiger charge is 2.15. The summed E-state index contributed by atoms with van der Waals surface area (Å²) in [5.74, 6) is -0.589. The predicted octanol–water partition coefficient (Wildman–Crippen LogP) is 4.31. The van der Waals surface area contributed by atoms with Crippen molar-refractivity contribution in [2.24, 2.45) is 0 Å². The first-order valence-corrected chi connectivity index (χ1v) is 5.63. The van der Waals surface area contributed by atoms with Crippen molar-refractivity contribution in [3.05, 3.63) is 38.2 Å². The first-order chi connectivity index (χ1) is 7.56. The van der Waals surface area contributed by atoms with Crippen molar-refractivity contribution >= 4 is 50.0 Å². The van der Waals surface area contributed by atoms with Crippen LogP contribution in [0, 0.1) is 17.1 Å². The molecule has 1 heterocycles. The van der Waals surface area contributed by atoms with E-state index in [0.717, 1.165) is 0 Å². The molecule has 0 saturated heterocycles. The van der Waals surface area contributed by atoms with E-state index < -0.39 is 5.82 Å². The molecule has 0 atom stereocenters. The summed E-state index contributed by atoms with van der Waals surface area (Å²) in [6, 6.07) is 3.34. The highest BCUT2D eigenvalue weighted by Crippen LogP contribution is 2.35. The molecular weight excluding hydrogens is 318 g/mol. The number of benzene rings is 1. The zero-order chi connectivity index (χ0) is 11.9. The summed E-state index contributed by atoms with van der Waals surface area (Å²) in [6.45, 7) is 0. The summed E-state index contributed by atoms with van der Waals surface area (Å²) in [7, 11) is 0. The van der Waals surface area contributed by atoms with E-state index in [1.165, 1.54) is 12.3 Å². The zero-order valence-electron chi connectivity index (χ0n) is 7.56. The molecule has 0 N–H and O–H groups in total. The van der Waals surface area contributed by atoms with Gasteiger partial charge in [-0.3, -0.25) is 4.98 Å². The smallest absolute Gasteiger partial charge is 0.165 e. The summed E-state index contributed by atoms with van der Waals surface area (Å²) < 4.78 is 13.9. The molecule has 0 saturated carbocycles. The molecule has 80 valence electrons. The minimum atomic E-state index is -0.589. The number of hydrogen-bond acceptors (Lipinski definition) is 2. The van der Waals surface area contributed by atoms with E-state index in [0.29, 0.717) is 5.39 Å². The van der Waals surface area contributed by atoms with Gasteiger partial charge in [0.2, 0.25) is 0 Å². The Bertz CT molecular complexity index is 637. The van der Waals surface area contributed by atoms with E-state index in [4.69, 9.17) is 28.5 Å². The second kappa shape index (κ2) is 4.17. The lowest BCUT2D eigenvalue weighted by molar-refractivity contribution is 0.630. The van der Waals surface area contributed by atoms with Gasteiger partial charge in [-0.15, -0.1) is 0 Å². The van der Waals surface area contributed by atoms with Crippen molar-refractivity contribution in [3.8, 4) is 6.07 Å². The number of aromatic nitrogens is 1. The standard InChI is InChI=1S/C10H2BrCl2FN2/c11-7-6(12)1-5-8(13)4(2-15)3-16-10(5)9(7)14/h1,3H. The van der Waals surface area contributed by atoms with Crippen LogP contribution in [0.3, 0.4) is 0 Å². The molecule has 2 rings (SSSR count).